The molecule has 1 fully saturated rings. The van der Waals surface area contributed by atoms with Gasteiger partial charge in [0.1, 0.15) is 29.6 Å². The van der Waals surface area contributed by atoms with Crippen molar-refractivity contribution in [3.8, 4) is 0 Å². The number of aliphatic hydroxyl groups excluding tert-OH is 2. The number of nitrogens with two attached hydrogens (primary N) is 1. The van der Waals surface area contributed by atoms with Crippen LogP contribution in [0, 0.1) is 0 Å². The number of hydrogen-bond donors (Lipinski definition) is 5. The third-order valence-electron chi connectivity index (χ3n) is 5.16. The van der Waals surface area contributed by atoms with Gasteiger partial charge in [-0.15, -0.1) is 0 Å². The predicted molar refractivity (Wildman–Crippen MR) is 101 cm³/mol. The molecule has 1 aromatic carbocycles. The summed E-state index contributed by atoms with van der Waals surface area (Å²) in [5.41, 5.74) is -0.176. The average molecular weight is 406 g/mol. The Kier molecular flexibility index (Phi) is 4.64. The van der Waals surface area contributed by atoms with Crippen molar-refractivity contribution in [1.82, 2.24) is 14.5 Å². The molecule has 1 saturated heterocycles. The Balaban J connectivity index is 1.72. The molecule has 0 saturated carbocycles. The lowest BCUT2D eigenvalue weighted by Crippen LogP contribution is -2.45. The summed E-state index contributed by atoms with van der Waals surface area (Å²) < 4.78 is 7.55. The van der Waals surface area contributed by atoms with Crippen LogP contribution in [0.4, 0.5) is 0 Å². The van der Waals surface area contributed by atoms with Crippen LogP contribution in [-0.2, 0) is 10.3 Å². The Labute approximate surface area is 164 Å². The van der Waals surface area contributed by atoms with E-state index in [4.69, 9.17) is 22.2 Å². The third kappa shape index (κ3) is 2.88. The number of rotatable bonds is 3. The van der Waals surface area contributed by atoms with E-state index in [0.717, 1.165) is 0 Å². The molecule has 0 amide bonds. The number of aromatic amines is 1. The smallest absolute Gasteiger partial charge is 0.183 e. The highest BCUT2D eigenvalue weighted by Crippen LogP contribution is 2.40. The van der Waals surface area contributed by atoms with Crippen LogP contribution in [0.2, 0.25) is 5.02 Å². The Hall–Kier alpha value is -2.43. The van der Waals surface area contributed by atoms with Gasteiger partial charge in [0.25, 0.3) is 0 Å². The van der Waals surface area contributed by atoms with Crippen LogP contribution < -0.4 is 11.3 Å². The molecular weight excluding hydrogens is 386 g/mol. The summed E-state index contributed by atoms with van der Waals surface area (Å²) in [7, 11) is 0. The molecule has 6 N–H and O–H groups in total. The molecule has 3 aromatic rings. The fourth-order valence-corrected chi connectivity index (χ4v) is 3.75. The normalized spacial score (nSPS) is 28.0. The average Bonchev–Trinajstić information content (AvgIpc) is 3.24. The van der Waals surface area contributed by atoms with E-state index in [1.165, 1.54) is 13.3 Å². The number of ether oxygens (including phenoxy) is 1. The fraction of sp³-hybridized carbons (Fsp3) is 0.333. The standard InChI is InChI=1S/C18H20ClN5O4/c1-18(27,9-2-4-10(19)5-3-9)14-12(25)13(26)17(28-14)24-7-6-11-15(23-20)21-8-22-16(11)24/h2-8,12-14,17,25-27H,20H2,1H3,(H,21,22,23)/t12-,13+,14-,17+,18+/m0/s1. The molecule has 0 unspecified atom stereocenters. The lowest BCUT2D eigenvalue weighted by molar-refractivity contribution is -0.135. The quantitative estimate of drug-likeness (QED) is 0.314. The Morgan fingerprint density at radius 3 is 2.64 bits per heavy atom. The topological polar surface area (TPSA) is 142 Å². The summed E-state index contributed by atoms with van der Waals surface area (Å²) >= 11 is 5.91. The number of nitrogens with zero attached hydrogens (tertiary/aromatic N) is 3. The van der Waals surface area contributed by atoms with Gasteiger partial charge in [0, 0.05) is 11.2 Å². The molecule has 148 valence electrons. The van der Waals surface area contributed by atoms with Crippen LogP contribution in [0.3, 0.4) is 0 Å². The van der Waals surface area contributed by atoms with E-state index in [0.29, 0.717) is 27.1 Å². The minimum atomic E-state index is -1.56. The maximum atomic E-state index is 11.1. The number of hydrogen-bond acceptors (Lipinski definition) is 7. The maximum absolute atomic E-state index is 11.1. The zero-order valence-electron chi connectivity index (χ0n) is 14.9. The highest BCUT2D eigenvalue weighted by atomic mass is 35.5. The van der Waals surface area contributed by atoms with Crippen molar-refractivity contribution in [1.29, 1.82) is 0 Å². The van der Waals surface area contributed by atoms with Crippen molar-refractivity contribution in [3.63, 3.8) is 0 Å². The van der Waals surface area contributed by atoms with Gasteiger partial charge in [-0.05, 0) is 30.7 Å². The molecule has 1 aliphatic heterocycles. The number of H-pyrrole nitrogens is 1. The maximum Gasteiger partial charge on any atom is 0.183 e. The molecular formula is C18H20ClN5O4. The highest BCUT2D eigenvalue weighted by molar-refractivity contribution is 6.30. The first-order chi connectivity index (χ1) is 13.3. The lowest BCUT2D eigenvalue weighted by atomic mass is 9.87. The monoisotopic (exact) mass is 405 g/mol. The number of benzene rings is 1. The highest BCUT2D eigenvalue weighted by Gasteiger charge is 2.52. The second kappa shape index (κ2) is 6.87. The van der Waals surface area contributed by atoms with Crippen LogP contribution >= 0.6 is 11.6 Å². The van der Waals surface area contributed by atoms with Gasteiger partial charge in [0.2, 0.25) is 0 Å². The predicted octanol–water partition coefficient (Wildman–Crippen LogP) is 0.319. The fourth-order valence-electron chi connectivity index (χ4n) is 3.62. The van der Waals surface area contributed by atoms with Gasteiger partial charge in [0.15, 0.2) is 11.7 Å². The molecule has 0 radical (unpaired) electrons. The van der Waals surface area contributed by atoms with Gasteiger partial charge in [-0.25, -0.2) is 4.98 Å². The molecule has 0 bridgehead atoms. The first-order valence-corrected chi connectivity index (χ1v) is 9.00. The van der Waals surface area contributed by atoms with Crippen molar-refractivity contribution in [2.45, 2.75) is 37.1 Å². The molecule has 28 heavy (non-hydrogen) atoms. The molecule has 9 nitrogen and oxygen atoms in total. The van der Waals surface area contributed by atoms with E-state index < -0.39 is 30.1 Å². The number of fused-ring (bicyclic) bond motifs is 1. The van der Waals surface area contributed by atoms with Crippen LogP contribution in [0.25, 0.3) is 11.0 Å². The molecule has 1 aliphatic rings. The lowest BCUT2D eigenvalue weighted by Gasteiger charge is -2.32. The first-order valence-electron chi connectivity index (χ1n) is 8.62. The van der Waals surface area contributed by atoms with E-state index in [1.807, 2.05) is 0 Å². The zero-order valence-corrected chi connectivity index (χ0v) is 15.7. The van der Waals surface area contributed by atoms with E-state index in [1.54, 1.807) is 41.1 Å². The largest absolute Gasteiger partial charge is 0.387 e. The van der Waals surface area contributed by atoms with Gasteiger partial charge in [0.05, 0.1) is 11.7 Å². The van der Waals surface area contributed by atoms with Gasteiger partial charge < -0.3 is 35.5 Å². The number of aromatic nitrogens is 3. The van der Waals surface area contributed by atoms with Gasteiger partial charge >= 0.3 is 0 Å². The van der Waals surface area contributed by atoms with Gasteiger partial charge in [-0.2, -0.15) is 5.10 Å². The Bertz CT molecular complexity index is 1060. The molecule has 10 heteroatoms. The number of aliphatic hydroxyl groups is 3. The molecule has 4 rings (SSSR count). The zero-order chi connectivity index (χ0) is 20.1. The minimum Gasteiger partial charge on any atom is -0.387 e. The summed E-state index contributed by atoms with van der Waals surface area (Å²) in [5, 5.41) is 37.1. The summed E-state index contributed by atoms with van der Waals surface area (Å²) in [6.07, 6.45) is -1.54. The van der Waals surface area contributed by atoms with Gasteiger partial charge in [-0.1, -0.05) is 23.7 Å². The van der Waals surface area contributed by atoms with E-state index >= 15 is 0 Å². The first kappa shape index (κ1) is 18.9. The molecule has 5 atom stereocenters. The molecule has 3 heterocycles. The van der Waals surface area contributed by atoms with E-state index in [9.17, 15) is 15.3 Å². The number of nitrogens with one attached hydrogen (secondary N) is 1. The second-order valence-electron chi connectivity index (χ2n) is 6.92. The van der Waals surface area contributed by atoms with E-state index in [-0.39, 0.29) is 0 Å². The van der Waals surface area contributed by atoms with Crippen LogP contribution in [0.1, 0.15) is 18.7 Å². The summed E-state index contributed by atoms with van der Waals surface area (Å²) in [5.74, 6) is 5.36. The van der Waals surface area contributed by atoms with Crippen molar-refractivity contribution in [2.75, 3.05) is 0 Å². The molecule has 0 aliphatic carbocycles. The van der Waals surface area contributed by atoms with Crippen LogP contribution in [-0.4, -0.2) is 48.2 Å². The van der Waals surface area contributed by atoms with Gasteiger partial charge in [-0.3, -0.25) is 0 Å². The minimum absolute atomic E-state index is 0.324. The Morgan fingerprint density at radius 1 is 1.25 bits per heavy atom. The SMILES string of the molecule is C[C@@](O)(c1ccc(Cl)cc1)[C@H]1O[C@@H](n2ccc3/c(=N\N)nc[nH]c32)[C@H](O)[C@@H]1O. The van der Waals surface area contributed by atoms with Crippen molar-refractivity contribution in [2.24, 2.45) is 10.9 Å². The van der Waals surface area contributed by atoms with Crippen molar-refractivity contribution in [3.05, 3.63) is 58.9 Å². The van der Waals surface area contributed by atoms with Crippen LogP contribution in [0.15, 0.2) is 48.0 Å². The summed E-state index contributed by atoms with van der Waals surface area (Å²) in [6, 6.07) is 8.30. The number of halogens is 1. The van der Waals surface area contributed by atoms with Crippen LogP contribution in [0.5, 0.6) is 0 Å². The molecule has 0 spiro atoms. The summed E-state index contributed by atoms with van der Waals surface area (Å²) in [4.78, 5) is 7.00. The second-order valence-corrected chi connectivity index (χ2v) is 7.36. The third-order valence-corrected chi connectivity index (χ3v) is 5.41. The summed E-state index contributed by atoms with van der Waals surface area (Å²) in [6.45, 7) is 1.52. The molecule has 2 aromatic heterocycles. The van der Waals surface area contributed by atoms with E-state index in [2.05, 4.69) is 15.1 Å². The Morgan fingerprint density at radius 2 is 1.96 bits per heavy atom. The van der Waals surface area contributed by atoms with Crippen molar-refractivity contribution >= 4 is 22.6 Å². The van der Waals surface area contributed by atoms with Crippen molar-refractivity contribution < 1.29 is 20.1 Å².